The predicted molar refractivity (Wildman–Crippen MR) is 119 cm³/mol. The molecule has 0 saturated heterocycles. The summed E-state index contributed by atoms with van der Waals surface area (Å²) in [5, 5.41) is 2.15. The maximum Gasteiger partial charge on any atom is 0.332 e. The lowest BCUT2D eigenvalue weighted by atomic mass is 9.77. The van der Waals surface area contributed by atoms with E-state index < -0.39 is 17.4 Å². The molecule has 0 N–H and O–H groups in total. The molecule has 0 atom stereocenters. The number of ether oxygens (including phenoxy) is 3. The van der Waals surface area contributed by atoms with Crippen molar-refractivity contribution in [3.63, 3.8) is 0 Å². The lowest BCUT2D eigenvalue weighted by molar-refractivity contribution is -0.162. The van der Waals surface area contributed by atoms with E-state index in [0.29, 0.717) is 16.9 Å². The summed E-state index contributed by atoms with van der Waals surface area (Å²) in [6, 6.07) is 21.1. The Hall–Kier alpha value is -3.60. The summed E-state index contributed by atoms with van der Waals surface area (Å²) in [5.74, 6) is -0.643. The summed E-state index contributed by atoms with van der Waals surface area (Å²) in [5.41, 5.74) is 0.169. The molecule has 0 radical (unpaired) electrons. The standard InChI is InChI=1S/C26H24O5/c1-3-29-24(27)26(25(28)30-4-2)21(15-20-11-7-8-12-23(20)26)17-31-22-14-13-18-9-5-6-10-19(18)16-22/h5-16H,3-4,17H2,1-2H3. The van der Waals surface area contributed by atoms with Gasteiger partial charge >= 0.3 is 11.9 Å². The Morgan fingerprint density at radius 1 is 0.806 bits per heavy atom. The third-order valence-electron chi connectivity index (χ3n) is 5.45. The van der Waals surface area contributed by atoms with Gasteiger partial charge in [-0.1, -0.05) is 54.6 Å². The Balaban J connectivity index is 1.72. The molecule has 5 nitrogen and oxygen atoms in total. The van der Waals surface area contributed by atoms with Gasteiger partial charge in [0.25, 0.3) is 0 Å². The second kappa shape index (κ2) is 8.64. The van der Waals surface area contributed by atoms with E-state index in [0.717, 1.165) is 16.3 Å². The molecule has 0 aromatic heterocycles. The van der Waals surface area contributed by atoms with Crippen molar-refractivity contribution in [2.45, 2.75) is 19.3 Å². The monoisotopic (exact) mass is 416 g/mol. The van der Waals surface area contributed by atoms with Gasteiger partial charge in [-0.25, -0.2) is 0 Å². The van der Waals surface area contributed by atoms with Crippen molar-refractivity contribution in [3.05, 3.63) is 83.4 Å². The van der Waals surface area contributed by atoms with Crippen LogP contribution in [-0.4, -0.2) is 31.8 Å². The summed E-state index contributed by atoms with van der Waals surface area (Å²) in [4.78, 5) is 26.4. The highest BCUT2D eigenvalue weighted by Gasteiger charge is 2.57. The third kappa shape index (κ3) is 3.56. The van der Waals surface area contributed by atoms with Gasteiger partial charge in [0, 0.05) is 5.57 Å². The number of hydrogen-bond acceptors (Lipinski definition) is 5. The number of carbonyl (C=O) groups is 2. The Morgan fingerprint density at radius 3 is 2.16 bits per heavy atom. The first kappa shape index (κ1) is 20.7. The van der Waals surface area contributed by atoms with E-state index in [1.807, 2.05) is 60.7 Å². The first-order valence-electron chi connectivity index (χ1n) is 10.4. The maximum atomic E-state index is 13.2. The molecule has 158 valence electrons. The molecule has 0 saturated carbocycles. The fourth-order valence-electron chi connectivity index (χ4n) is 4.05. The van der Waals surface area contributed by atoms with Gasteiger partial charge in [-0.3, -0.25) is 9.59 Å². The van der Waals surface area contributed by atoms with E-state index in [2.05, 4.69) is 0 Å². The molecule has 0 heterocycles. The minimum absolute atomic E-state index is 0.0463. The van der Waals surface area contributed by atoms with E-state index in [9.17, 15) is 9.59 Å². The minimum Gasteiger partial charge on any atom is -0.489 e. The lowest BCUT2D eigenvalue weighted by Crippen LogP contribution is -2.47. The molecule has 0 unspecified atom stereocenters. The molecule has 3 aromatic rings. The van der Waals surface area contributed by atoms with Crippen LogP contribution in [-0.2, 0) is 24.5 Å². The van der Waals surface area contributed by atoms with E-state index in [-0.39, 0.29) is 19.8 Å². The quantitative estimate of drug-likeness (QED) is 0.413. The van der Waals surface area contributed by atoms with Crippen molar-refractivity contribution in [1.29, 1.82) is 0 Å². The van der Waals surface area contributed by atoms with Crippen LogP contribution in [0.15, 0.2) is 72.3 Å². The average Bonchev–Trinajstić information content (AvgIpc) is 3.13. The molecular formula is C26H24O5. The lowest BCUT2D eigenvalue weighted by Gasteiger charge is -2.29. The summed E-state index contributed by atoms with van der Waals surface area (Å²) >= 11 is 0. The zero-order valence-electron chi connectivity index (χ0n) is 17.6. The van der Waals surface area contributed by atoms with Crippen molar-refractivity contribution in [2.24, 2.45) is 0 Å². The van der Waals surface area contributed by atoms with Gasteiger partial charge in [-0.2, -0.15) is 0 Å². The second-order valence-corrected chi connectivity index (χ2v) is 7.25. The van der Waals surface area contributed by atoms with Crippen molar-refractivity contribution >= 4 is 28.8 Å². The van der Waals surface area contributed by atoms with Gasteiger partial charge in [0.2, 0.25) is 5.41 Å². The fourth-order valence-corrected chi connectivity index (χ4v) is 4.05. The van der Waals surface area contributed by atoms with Crippen molar-refractivity contribution in [2.75, 3.05) is 19.8 Å². The van der Waals surface area contributed by atoms with Crippen molar-refractivity contribution in [1.82, 2.24) is 0 Å². The van der Waals surface area contributed by atoms with Crippen LogP contribution in [0.5, 0.6) is 5.75 Å². The van der Waals surface area contributed by atoms with Crippen LogP contribution in [0.4, 0.5) is 0 Å². The highest BCUT2D eigenvalue weighted by molar-refractivity contribution is 6.13. The topological polar surface area (TPSA) is 61.8 Å². The first-order valence-corrected chi connectivity index (χ1v) is 10.4. The number of benzene rings is 3. The van der Waals surface area contributed by atoms with Crippen LogP contribution < -0.4 is 4.74 Å². The number of carbonyl (C=O) groups excluding carboxylic acids is 2. The largest absolute Gasteiger partial charge is 0.489 e. The molecule has 5 heteroatoms. The molecule has 0 amide bonds. The minimum atomic E-state index is -1.67. The zero-order chi connectivity index (χ0) is 21.8. The van der Waals surface area contributed by atoms with Crippen molar-refractivity contribution < 1.29 is 23.8 Å². The van der Waals surface area contributed by atoms with Gasteiger partial charge < -0.3 is 14.2 Å². The fraction of sp³-hybridized carbons (Fsp3) is 0.231. The third-order valence-corrected chi connectivity index (χ3v) is 5.45. The number of hydrogen-bond donors (Lipinski definition) is 0. The molecule has 0 bridgehead atoms. The highest BCUT2D eigenvalue weighted by Crippen LogP contribution is 2.44. The van der Waals surface area contributed by atoms with E-state index in [1.165, 1.54) is 0 Å². The zero-order valence-corrected chi connectivity index (χ0v) is 17.6. The number of fused-ring (bicyclic) bond motifs is 2. The second-order valence-electron chi connectivity index (χ2n) is 7.25. The van der Waals surface area contributed by atoms with E-state index >= 15 is 0 Å². The smallest absolute Gasteiger partial charge is 0.332 e. The normalized spacial score (nSPS) is 13.9. The average molecular weight is 416 g/mol. The first-order chi connectivity index (χ1) is 15.1. The Kier molecular flexibility index (Phi) is 5.76. The Morgan fingerprint density at radius 2 is 1.45 bits per heavy atom. The van der Waals surface area contributed by atoms with Crippen LogP contribution in [0.1, 0.15) is 25.0 Å². The summed E-state index contributed by atoms with van der Waals surface area (Å²) in [7, 11) is 0. The van der Waals surface area contributed by atoms with Gasteiger partial charge in [0.1, 0.15) is 12.4 Å². The van der Waals surface area contributed by atoms with Gasteiger partial charge in [-0.15, -0.1) is 0 Å². The summed E-state index contributed by atoms with van der Waals surface area (Å²) < 4.78 is 16.8. The molecule has 4 rings (SSSR count). The summed E-state index contributed by atoms with van der Waals surface area (Å²) in [6.45, 7) is 3.78. The predicted octanol–water partition coefficient (Wildman–Crippen LogP) is 4.68. The molecule has 3 aromatic carbocycles. The van der Waals surface area contributed by atoms with Gasteiger partial charge in [0.15, 0.2) is 0 Å². The Bertz CT molecular complexity index is 1140. The van der Waals surface area contributed by atoms with Crippen LogP contribution in [0.3, 0.4) is 0 Å². The molecule has 0 spiro atoms. The molecule has 1 aliphatic rings. The maximum absolute atomic E-state index is 13.2. The Labute approximate surface area is 181 Å². The van der Waals surface area contributed by atoms with Gasteiger partial charge in [0.05, 0.1) is 13.2 Å². The van der Waals surface area contributed by atoms with Crippen LogP contribution in [0.2, 0.25) is 0 Å². The molecule has 0 aliphatic heterocycles. The molecule has 31 heavy (non-hydrogen) atoms. The highest BCUT2D eigenvalue weighted by atomic mass is 16.6. The number of esters is 2. The van der Waals surface area contributed by atoms with Crippen LogP contribution in [0.25, 0.3) is 16.8 Å². The molecule has 0 fully saturated rings. The molecular weight excluding hydrogens is 392 g/mol. The van der Waals surface area contributed by atoms with Gasteiger partial charge in [-0.05, 0) is 54.0 Å². The van der Waals surface area contributed by atoms with Crippen LogP contribution >= 0.6 is 0 Å². The SMILES string of the molecule is CCOC(=O)C1(C(=O)OCC)C(COc2ccc3ccccc3c2)=Cc2ccccc21. The molecule has 1 aliphatic carbocycles. The summed E-state index contributed by atoms with van der Waals surface area (Å²) in [6.07, 6.45) is 1.82. The van der Waals surface area contributed by atoms with Crippen molar-refractivity contribution in [3.8, 4) is 5.75 Å². The van der Waals surface area contributed by atoms with E-state index in [1.54, 1.807) is 26.0 Å². The van der Waals surface area contributed by atoms with Crippen LogP contribution in [0, 0.1) is 0 Å². The number of rotatable bonds is 7. The van der Waals surface area contributed by atoms with E-state index in [4.69, 9.17) is 14.2 Å².